The number of benzene rings is 1. The van der Waals surface area contributed by atoms with Gasteiger partial charge in [0.25, 0.3) is 0 Å². The molecule has 1 aromatic rings. The van der Waals surface area contributed by atoms with Gasteiger partial charge in [0.2, 0.25) is 0 Å². The van der Waals surface area contributed by atoms with Crippen LogP contribution in [0.2, 0.25) is 0 Å². The van der Waals surface area contributed by atoms with Crippen molar-refractivity contribution in [2.45, 2.75) is 44.7 Å². The average molecular weight is 288 g/mol. The van der Waals surface area contributed by atoms with Crippen LogP contribution in [0.5, 0.6) is 0 Å². The highest BCUT2D eigenvalue weighted by molar-refractivity contribution is 5.29. The molecule has 2 aliphatic rings. The van der Waals surface area contributed by atoms with Crippen molar-refractivity contribution in [1.29, 1.82) is 0 Å². The molecule has 0 unspecified atom stereocenters. The Kier molecular flexibility index (Phi) is 4.63. The zero-order valence-electron chi connectivity index (χ0n) is 13.4. The number of ether oxygens (including phenoxy) is 1. The summed E-state index contributed by atoms with van der Waals surface area (Å²) >= 11 is 0. The second-order valence-electron chi connectivity index (χ2n) is 7.03. The molecule has 0 spiro atoms. The first-order chi connectivity index (χ1) is 10.1. The molecule has 0 amide bonds. The number of morpholine rings is 1. The highest BCUT2D eigenvalue weighted by Crippen LogP contribution is 2.40. The number of hydrogen-bond acceptors (Lipinski definition) is 3. The Morgan fingerprint density at radius 2 is 2.00 bits per heavy atom. The summed E-state index contributed by atoms with van der Waals surface area (Å²) in [6, 6.07) is 9.10. The van der Waals surface area contributed by atoms with Crippen molar-refractivity contribution in [1.82, 2.24) is 10.2 Å². The van der Waals surface area contributed by atoms with E-state index in [0.29, 0.717) is 0 Å². The van der Waals surface area contributed by atoms with Crippen LogP contribution >= 0.6 is 0 Å². The molecule has 1 saturated carbocycles. The summed E-state index contributed by atoms with van der Waals surface area (Å²) in [6.07, 6.45) is 2.75. The van der Waals surface area contributed by atoms with Crippen LogP contribution in [0.3, 0.4) is 0 Å². The average Bonchev–Trinajstić information content (AvgIpc) is 3.33. The van der Waals surface area contributed by atoms with Crippen LogP contribution in [0.4, 0.5) is 0 Å². The van der Waals surface area contributed by atoms with Crippen LogP contribution in [-0.4, -0.2) is 43.3 Å². The molecule has 1 aliphatic carbocycles. The second-order valence-corrected chi connectivity index (χ2v) is 7.03. The van der Waals surface area contributed by atoms with Gasteiger partial charge >= 0.3 is 0 Å². The molecule has 21 heavy (non-hydrogen) atoms. The molecule has 116 valence electrons. The van der Waals surface area contributed by atoms with Crippen molar-refractivity contribution in [2.75, 3.05) is 32.8 Å². The maximum Gasteiger partial charge on any atom is 0.0594 e. The van der Waals surface area contributed by atoms with Gasteiger partial charge in [-0.2, -0.15) is 0 Å². The van der Waals surface area contributed by atoms with E-state index in [-0.39, 0.29) is 5.54 Å². The highest BCUT2D eigenvalue weighted by Gasteiger charge is 2.27. The van der Waals surface area contributed by atoms with E-state index in [4.69, 9.17) is 4.74 Å². The smallest absolute Gasteiger partial charge is 0.0594 e. The fourth-order valence-corrected chi connectivity index (χ4v) is 3.17. The lowest BCUT2D eigenvalue weighted by molar-refractivity contribution is -0.00966. The third kappa shape index (κ3) is 4.06. The Morgan fingerprint density at radius 3 is 2.71 bits per heavy atom. The van der Waals surface area contributed by atoms with E-state index in [1.54, 1.807) is 0 Å². The zero-order valence-corrected chi connectivity index (χ0v) is 13.4. The Hall–Kier alpha value is -0.900. The maximum absolute atomic E-state index is 5.45. The van der Waals surface area contributed by atoms with E-state index in [1.165, 1.54) is 24.0 Å². The largest absolute Gasteiger partial charge is 0.379 e. The standard InChI is InChI=1S/C18H28N2O/c1-18(2,20-8-10-21-11-9-20)14-19-13-15-4-3-5-17(12-15)16-6-7-16/h3-5,12,16,19H,6-11,13-14H2,1-2H3. The SMILES string of the molecule is CC(C)(CNCc1cccc(C2CC2)c1)N1CCOCC1. The molecule has 0 atom stereocenters. The molecule has 1 N–H and O–H groups in total. The van der Waals surface area contributed by atoms with Gasteiger partial charge in [0, 0.05) is 31.7 Å². The predicted octanol–water partition coefficient (Wildman–Crippen LogP) is 2.76. The molecule has 3 heteroatoms. The van der Waals surface area contributed by atoms with E-state index in [0.717, 1.165) is 45.3 Å². The molecule has 1 aromatic carbocycles. The minimum Gasteiger partial charge on any atom is -0.379 e. The first kappa shape index (κ1) is 15.0. The molecule has 1 saturated heterocycles. The summed E-state index contributed by atoms with van der Waals surface area (Å²) in [7, 11) is 0. The van der Waals surface area contributed by atoms with Crippen molar-refractivity contribution in [3.8, 4) is 0 Å². The van der Waals surface area contributed by atoms with Crippen molar-refractivity contribution >= 4 is 0 Å². The minimum atomic E-state index is 0.192. The van der Waals surface area contributed by atoms with E-state index in [2.05, 4.69) is 48.3 Å². The van der Waals surface area contributed by atoms with Gasteiger partial charge in [-0.15, -0.1) is 0 Å². The number of rotatable bonds is 6. The van der Waals surface area contributed by atoms with E-state index < -0.39 is 0 Å². The lowest BCUT2D eigenvalue weighted by Gasteiger charge is -2.41. The summed E-state index contributed by atoms with van der Waals surface area (Å²) in [6.45, 7) is 10.5. The van der Waals surface area contributed by atoms with Crippen LogP contribution in [0.15, 0.2) is 24.3 Å². The molecule has 2 fully saturated rings. The molecular weight excluding hydrogens is 260 g/mol. The van der Waals surface area contributed by atoms with Gasteiger partial charge in [-0.1, -0.05) is 24.3 Å². The van der Waals surface area contributed by atoms with Crippen molar-refractivity contribution in [3.63, 3.8) is 0 Å². The van der Waals surface area contributed by atoms with Gasteiger partial charge in [0.05, 0.1) is 13.2 Å². The molecule has 1 heterocycles. The third-order valence-corrected chi connectivity index (χ3v) is 4.75. The molecule has 3 nitrogen and oxygen atoms in total. The normalized spacial score (nSPS) is 20.7. The number of hydrogen-bond donors (Lipinski definition) is 1. The molecule has 1 aliphatic heterocycles. The Morgan fingerprint density at radius 1 is 1.24 bits per heavy atom. The van der Waals surface area contributed by atoms with Crippen molar-refractivity contribution < 1.29 is 4.74 Å². The van der Waals surface area contributed by atoms with Gasteiger partial charge in [0.1, 0.15) is 0 Å². The fourth-order valence-electron chi connectivity index (χ4n) is 3.17. The van der Waals surface area contributed by atoms with Gasteiger partial charge in [0.15, 0.2) is 0 Å². The van der Waals surface area contributed by atoms with Crippen molar-refractivity contribution in [3.05, 3.63) is 35.4 Å². The Labute approximate surface area is 128 Å². The summed E-state index contributed by atoms with van der Waals surface area (Å²) in [5, 5.41) is 3.64. The van der Waals surface area contributed by atoms with Crippen molar-refractivity contribution in [2.24, 2.45) is 0 Å². The molecule has 0 radical (unpaired) electrons. The highest BCUT2D eigenvalue weighted by atomic mass is 16.5. The van der Waals surface area contributed by atoms with Crippen LogP contribution in [0, 0.1) is 0 Å². The number of nitrogens with one attached hydrogen (secondary N) is 1. The predicted molar refractivity (Wildman–Crippen MR) is 86.6 cm³/mol. The zero-order chi connectivity index (χ0) is 14.7. The van der Waals surface area contributed by atoms with Crippen LogP contribution in [0.1, 0.15) is 43.7 Å². The van der Waals surface area contributed by atoms with Gasteiger partial charge < -0.3 is 10.1 Å². The lowest BCUT2D eigenvalue weighted by atomic mass is 10.0. The molecular formula is C18H28N2O. The monoisotopic (exact) mass is 288 g/mol. The van der Waals surface area contributed by atoms with Gasteiger partial charge in [-0.3, -0.25) is 4.90 Å². The Balaban J connectivity index is 1.49. The first-order valence-corrected chi connectivity index (χ1v) is 8.27. The van der Waals surface area contributed by atoms with E-state index in [1.807, 2.05) is 0 Å². The van der Waals surface area contributed by atoms with Crippen LogP contribution in [-0.2, 0) is 11.3 Å². The van der Waals surface area contributed by atoms with E-state index >= 15 is 0 Å². The third-order valence-electron chi connectivity index (χ3n) is 4.75. The quantitative estimate of drug-likeness (QED) is 0.871. The number of nitrogens with zero attached hydrogens (tertiary/aromatic N) is 1. The lowest BCUT2D eigenvalue weighted by Crippen LogP contribution is -2.54. The van der Waals surface area contributed by atoms with Gasteiger partial charge in [-0.05, 0) is 43.7 Å². The first-order valence-electron chi connectivity index (χ1n) is 8.27. The topological polar surface area (TPSA) is 24.5 Å². The molecule has 0 bridgehead atoms. The molecule has 3 rings (SSSR count). The van der Waals surface area contributed by atoms with Crippen LogP contribution < -0.4 is 5.32 Å². The van der Waals surface area contributed by atoms with E-state index in [9.17, 15) is 0 Å². The summed E-state index contributed by atoms with van der Waals surface area (Å²) in [5.74, 6) is 0.842. The van der Waals surface area contributed by atoms with Crippen LogP contribution in [0.25, 0.3) is 0 Å². The maximum atomic E-state index is 5.45. The second kappa shape index (κ2) is 6.47. The Bertz CT molecular complexity index is 462. The summed E-state index contributed by atoms with van der Waals surface area (Å²) < 4.78 is 5.45. The summed E-state index contributed by atoms with van der Waals surface area (Å²) in [5.41, 5.74) is 3.14. The summed E-state index contributed by atoms with van der Waals surface area (Å²) in [4.78, 5) is 2.53. The van der Waals surface area contributed by atoms with Gasteiger partial charge in [-0.25, -0.2) is 0 Å². The minimum absolute atomic E-state index is 0.192. The fraction of sp³-hybridized carbons (Fsp3) is 0.667. The molecule has 0 aromatic heterocycles.